The van der Waals surface area contributed by atoms with Gasteiger partial charge in [-0.15, -0.1) is 0 Å². The van der Waals surface area contributed by atoms with Crippen LogP contribution < -0.4 is 0 Å². The van der Waals surface area contributed by atoms with E-state index in [0.717, 1.165) is 5.56 Å². The lowest BCUT2D eigenvalue weighted by Crippen LogP contribution is -2.29. The average molecular weight is 223 g/mol. The highest BCUT2D eigenvalue weighted by atomic mass is 16.2. The second kappa shape index (κ2) is 4.68. The third kappa shape index (κ3) is 4.04. The van der Waals surface area contributed by atoms with Gasteiger partial charge in [-0.1, -0.05) is 20.8 Å². The molecule has 1 rings (SSSR count). The Balaban J connectivity index is 2.52. The predicted molar refractivity (Wildman–Crippen MR) is 63.8 cm³/mol. The van der Waals surface area contributed by atoms with Crippen molar-refractivity contribution in [2.45, 2.75) is 33.7 Å². The number of carbonyl (C=O) groups is 1. The molecule has 90 valence electrons. The molecule has 4 nitrogen and oxygen atoms in total. The molecule has 1 aromatic rings. The molecule has 4 heteroatoms. The Hall–Kier alpha value is -1.32. The summed E-state index contributed by atoms with van der Waals surface area (Å²) in [7, 11) is 3.71. The van der Waals surface area contributed by atoms with E-state index in [-0.39, 0.29) is 11.3 Å². The van der Waals surface area contributed by atoms with Crippen LogP contribution in [0.15, 0.2) is 12.4 Å². The summed E-state index contributed by atoms with van der Waals surface area (Å²) in [6.07, 6.45) is 4.30. The number of aromatic nitrogens is 2. The highest BCUT2D eigenvalue weighted by Gasteiger charge is 2.19. The first-order valence-corrected chi connectivity index (χ1v) is 5.49. The van der Waals surface area contributed by atoms with Crippen LogP contribution in [0.2, 0.25) is 0 Å². The number of carbonyl (C=O) groups excluding carboxylic acids is 1. The summed E-state index contributed by atoms with van der Waals surface area (Å²) < 4.78 is 1.75. The molecule has 0 aromatic carbocycles. The normalized spacial score (nSPS) is 11.6. The van der Waals surface area contributed by atoms with Crippen LogP contribution >= 0.6 is 0 Å². The van der Waals surface area contributed by atoms with Gasteiger partial charge in [-0.05, 0) is 5.41 Å². The Kier molecular flexibility index (Phi) is 3.73. The Bertz CT molecular complexity index is 363. The summed E-state index contributed by atoms with van der Waals surface area (Å²) in [6, 6.07) is 0. The summed E-state index contributed by atoms with van der Waals surface area (Å²) >= 11 is 0. The zero-order chi connectivity index (χ0) is 12.3. The molecule has 0 unspecified atom stereocenters. The minimum atomic E-state index is 0.0419. The number of rotatable bonds is 3. The van der Waals surface area contributed by atoms with Crippen LogP contribution in [0.4, 0.5) is 0 Å². The quantitative estimate of drug-likeness (QED) is 0.784. The van der Waals surface area contributed by atoms with Crippen molar-refractivity contribution in [3.05, 3.63) is 18.0 Å². The molecule has 0 saturated heterocycles. The van der Waals surface area contributed by atoms with Crippen molar-refractivity contribution in [3.8, 4) is 0 Å². The Labute approximate surface area is 97.2 Å². The van der Waals surface area contributed by atoms with Crippen LogP contribution in [0, 0.1) is 5.41 Å². The molecule has 0 aliphatic heterocycles. The van der Waals surface area contributed by atoms with Gasteiger partial charge in [0.1, 0.15) is 0 Å². The van der Waals surface area contributed by atoms with E-state index in [1.165, 1.54) is 0 Å². The smallest absolute Gasteiger partial charge is 0.223 e. The molecule has 1 amide bonds. The molecule has 0 radical (unpaired) electrons. The summed E-state index contributed by atoms with van der Waals surface area (Å²) in [4.78, 5) is 13.6. The summed E-state index contributed by atoms with van der Waals surface area (Å²) in [5.41, 5.74) is 1.10. The maximum atomic E-state index is 11.9. The lowest BCUT2D eigenvalue weighted by molar-refractivity contribution is -0.132. The molecule has 0 saturated carbocycles. The van der Waals surface area contributed by atoms with Crippen LogP contribution in [0.1, 0.15) is 32.8 Å². The van der Waals surface area contributed by atoms with Crippen LogP contribution in [-0.2, 0) is 18.4 Å². The van der Waals surface area contributed by atoms with E-state index in [0.29, 0.717) is 13.0 Å². The fourth-order valence-electron chi connectivity index (χ4n) is 1.50. The van der Waals surface area contributed by atoms with Crippen molar-refractivity contribution in [2.24, 2.45) is 12.5 Å². The van der Waals surface area contributed by atoms with Crippen molar-refractivity contribution in [1.29, 1.82) is 0 Å². The number of nitrogens with zero attached hydrogens (tertiary/aromatic N) is 3. The molecule has 0 atom stereocenters. The second-order valence-electron chi connectivity index (χ2n) is 5.51. The van der Waals surface area contributed by atoms with Crippen molar-refractivity contribution < 1.29 is 4.79 Å². The minimum absolute atomic E-state index is 0.0419. The first kappa shape index (κ1) is 12.7. The van der Waals surface area contributed by atoms with Gasteiger partial charge in [0.2, 0.25) is 5.91 Å². The molecular formula is C12H21N3O. The zero-order valence-electron chi connectivity index (χ0n) is 10.8. The maximum Gasteiger partial charge on any atom is 0.223 e. The van der Waals surface area contributed by atoms with Gasteiger partial charge in [-0.2, -0.15) is 5.10 Å². The molecule has 0 fully saturated rings. The largest absolute Gasteiger partial charge is 0.341 e. The SMILES string of the molecule is CN(Cc1cnn(C)c1)C(=O)CC(C)(C)C. The lowest BCUT2D eigenvalue weighted by Gasteiger charge is -2.22. The fraction of sp³-hybridized carbons (Fsp3) is 0.667. The minimum Gasteiger partial charge on any atom is -0.341 e. The molecule has 1 heterocycles. The third-order valence-corrected chi connectivity index (χ3v) is 2.29. The zero-order valence-corrected chi connectivity index (χ0v) is 10.8. The van der Waals surface area contributed by atoms with Gasteiger partial charge in [0.25, 0.3) is 0 Å². The fourth-order valence-corrected chi connectivity index (χ4v) is 1.50. The number of hydrogen-bond acceptors (Lipinski definition) is 2. The maximum absolute atomic E-state index is 11.9. The summed E-state index contributed by atoms with van der Waals surface area (Å²) in [5, 5.41) is 4.08. The molecule has 1 aromatic heterocycles. The van der Waals surface area contributed by atoms with E-state index in [2.05, 4.69) is 25.9 Å². The van der Waals surface area contributed by atoms with Crippen molar-refractivity contribution in [1.82, 2.24) is 14.7 Å². The highest BCUT2D eigenvalue weighted by molar-refractivity contribution is 5.76. The van der Waals surface area contributed by atoms with Gasteiger partial charge in [0.05, 0.1) is 6.20 Å². The van der Waals surface area contributed by atoms with Gasteiger partial charge < -0.3 is 4.90 Å². The lowest BCUT2D eigenvalue weighted by atomic mass is 9.91. The number of amides is 1. The van der Waals surface area contributed by atoms with E-state index < -0.39 is 0 Å². The third-order valence-electron chi connectivity index (χ3n) is 2.29. The number of aryl methyl sites for hydroxylation is 1. The molecule has 0 N–H and O–H groups in total. The van der Waals surface area contributed by atoms with Crippen LogP contribution in [-0.4, -0.2) is 27.6 Å². The van der Waals surface area contributed by atoms with Crippen molar-refractivity contribution >= 4 is 5.91 Å². The Morgan fingerprint density at radius 3 is 2.56 bits per heavy atom. The van der Waals surface area contributed by atoms with E-state index in [1.807, 2.05) is 20.3 Å². The first-order valence-electron chi connectivity index (χ1n) is 5.49. The second-order valence-corrected chi connectivity index (χ2v) is 5.51. The standard InChI is InChI=1S/C12H21N3O/c1-12(2,3)6-11(16)14(4)8-10-7-13-15(5)9-10/h7,9H,6,8H2,1-5H3. The van der Waals surface area contributed by atoms with E-state index >= 15 is 0 Å². The molecule has 0 spiro atoms. The number of hydrogen-bond donors (Lipinski definition) is 0. The predicted octanol–water partition coefficient (Wildman–Crippen LogP) is 1.81. The summed E-state index contributed by atoms with van der Waals surface area (Å²) in [6.45, 7) is 6.84. The van der Waals surface area contributed by atoms with E-state index in [9.17, 15) is 4.79 Å². The van der Waals surface area contributed by atoms with Crippen molar-refractivity contribution in [3.63, 3.8) is 0 Å². The Morgan fingerprint density at radius 1 is 1.50 bits per heavy atom. The molecular weight excluding hydrogens is 202 g/mol. The van der Waals surface area contributed by atoms with Gasteiger partial charge >= 0.3 is 0 Å². The Morgan fingerprint density at radius 2 is 2.12 bits per heavy atom. The van der Waals surface area contributed by atoms with Gasteiger partial charge in [0, 0.05) is 38.8 Å². The molecule has 0 bridgehead atoms. The van der Waals surface area contributed by atoms with Crippen LogP contribution in [0.25, 0.3) is 0 Å². The van der Waals surface area contributed by atoms with E-state index in [1.54, 1.807) is 15.8 Å². The van der Waals surface area contributed by atoms with Crippen molar-refractivity contribution in [2.75, 3.05) is 7.05 Å². The molecule has 0 aliphatic carbocycles. The van der Waals surface area contributed by atoms with Gasteiger partial charge in [0.15, 0.2) is 0 Å². The molecule has 16 heavy (non-hydrogen) atoms. The molecule has 0 aliphatic rings. The topological polar surface area (TPSA) is 38.1 Å². The highest BCUT2D eigenvalue weighted by Crippen LogP contribution is 2.19. The van der Waals surface area contributed by atoms with E-state index in [4.69, 9.17) is 0 Å². The first-order chi connectivity index (χ1) is 7.28. The average Bonchev–Trinajstić information content (AvgIpc) is 2.48. The van der Waals surface area contributed by atoms with Crippen LogP contribution in [0.3, 0.4) is 0 Å². The van der Waals surface area contributed by atoms with Gasteiger partial charge in [-0.25, -0.2) is 0 Å². The summed E-state index contributed by atoms with van der Waals surface area (Å²) in [5.74, 6) is 0.177. The monoisotopic (exact) mass is 223 g/mol. The van der Waals surface area contributed by atoms with Crippen LogP contribution in [0.5, 0.6) is 0 Å². The van der Waals surface area contributed by atoms with Gasteiger partial charge in [-0.3, -0.25) is 9.48 Å².